The van der Waals surface area contributed by atoms with Gasteiger partial charge in [0, 0.05) is 7.05 Å². The van der Waals surface area contributed by atoms with E-state index in [9.17, 15) is 14.7 Å². The van der Waals surface area contributed by atoms with E-state index in [4.69, 9.17) is 4.74 Å². The van der Waals surface area contributed by atoms with Gasteiger partial charge in [0.05, 0.1) is 6.54 Å². The van der Waals surface area contributed by atoms with Gasteiger partial charge in [-0.15, -0.1) is 0 Å². The lowest BCUT2D eigenvalue weighted by atomic mass is 9.81. The predicted octanol–water partition coefficient (Wildman–Crippen LogP) is 3.15. The van der Waals surface area contributed by atoms with E-state index in [1.165, 1.54) is 4.90 Å². The van der Waals surface area contributed by atoms with Crippen molar-refractivity contribution in [2.24, 2.45) is 0 Å². The third-order valence-corrected chi connectivity index (χ3v) is 5.85. The van der Waals surface area contributed by atoms with Crippen molar-refractivity contribution in [2.75, 3.05) is 20.2 Å². The number of likely N-dealkylation sites (N-methyl/N-ethyl adjacent to an activating group) is 1. The van der Waals surface area contributed by atoms with Gasteiger partial charge in [-0.3, -0.25) is 9.69 Å². The number of urea groups is 1. The molecule has 1 N–H and O–H groups in total. The number of ether oxygens (including phenoxy) is 1. The molecule has 148 valence electrons. The van der Waals surface area contributed by atoms with Gasteiger partial charge in [-0.25, -0.2) is 4.79 Å². The fraction of sp³-hybridized carbons (Fsp3) is 0.619. The lowest BCUT2D eigenvalue weighted by molar-refractivity contribution is -0.135. The van der Waals surface area contributed by atoms with Crippen LogP contribution in [0.15, 0.2) is 24.3 Å². The van der Waals surface area contributed by atoms with Crippen LogP contribution in [0.4, 0.5) is 4.79 Å². The molecule has 1 aliphatic heterocycles. The first kappa shape index (κ1) is 19.7. The van der Waals surface area contributed by atoms with Crippen molar-refractivity contribution in [3.8, 4) is 5.75 Å². The van der Waals surface area contributed by atoms with Crippen molar-refractivity contribution in [3.63, 3.8) is 0 Å². The van der Waals surface area contributed by atoms with Crippen LogP contribution in [0, 0.1) is 0 Å². The number of para-hydroxylation sites is 1. The Morgan fingerprint density at radius 3 is 2.48 bits per heavy atom. The minimum absolute atomic E-state index is 0.0341. The minimum Gasteiger partial charge on any atom is -0.491 e. The van der Waals surface area contributed by atoms with Gasteiger partial charge in [0.15, 0.2) is 0 Å². The van der Waals surface area contributed by atoms with Gasteiger partial charge in [0.2, 0.25) is 0 Å². The number of hydrogen-bond acceptors (Lipinski definition) is 4. The summed E-state index contributed by atoms with van der Waals surface area (Å²) in [4.78, 5) is 28.4. The maximum absolute atomic E-state index is 13.0. The SMILES string of the molecule is CC(C)c1ccccc1OCC(O)CN1C(=O)N(C)C2(CCCCC2)C1=O. The van der Waals surface area contributed by atoms with E-state index >= 15 is 0 Å². The van der Waals surface area contributed by atoms with E-state index in [1.807, 2.05) is 24.3 Å². The second-order valence-corrected chi connectivity index (χ2v) is 8.01. The molecular weight excluding hydrogens is 344 g/mol. The molecule has 0 radical (unpaired) electrons. The Morgan fingerprint density at radius 1 is 1.15 bits per heavy atom. The number of aliphatic hydroxyl groups is 1. The van der Waals surface area contributed by atoms with Crippen LogP contribution in [-0.4, -0.2) is 58.7 Å². The lowest BCUT2D eigenvalue weighted by Gasteiger charge is -2.35. The summed E-state index contributed by atoms with van der Waals surface area (Å²) in [5.74, 6) is 0.864. The Hall–Kier alpha value is -2.08. The molecule has 27 heavy (non-hydrogen) atoms. The van der Waals surface area contributed by atoms with Crippen LogP contribution in [0.3, 0.4) is 0 Å². The number of aliphatic hydroxyl groups excluding tert-OH is 1. The van der Waals surface area contributed by atoms with E-state index < -0.39 is 11.6 Å². The Balaban J connectivity index is 1.63. The lowest BCUT2D eigenvalue weighted by Crippen LogP contribution is -2.49. The summed E-state index contributed by atoms with van der Waals surface area (Å²) in [5.41, 5.74) is 0.360. The normalized spacial score (nSPS) is 20.6. The smallest absolute Gasteiger partial charge is 0.327 e. The average molecular weight is 374 g/mol. The molecule has 1 saturated heterocycles. The summed E-state index contributed by atoms with van der Waals surface area (Å²) in [6.45, 7) is 4.17. The van der Waals surface area contributed by atoms with Gasteiger partial charge in [-0.1, -0.05) is 51.3 Å². The molecular formula is C21H30N2O4. The Bertz CT molecular complexity index is 697. The summed E-state index contributed by atoms with van der Waals surface area (Å²) in [6, 6.07) is 7.41. The molecule has 1 spiro atoms. The van der Waals surface area contributed by atoms with Crippen LogP contribution >= 0.6 is 0 Å². The first-order chi connectivity index (χ1) is 12.9. The van der Waals surface area contributed by atoms with E-state index in [2.05, 4.69) is 13.8 Å². The maximum atomic E-state index is 13.0. The summed E-state index contributed by atoms with van der Waals surface area (Å²) < 4.78 is 5.79. The van der Waals surface area contributed by atoms with Gasteiger partial charge < -0.3 is 14.7 Å². The molecule has 1 aromatic carbocycles. The second-order valence-electron chi connectivity index (χ2n) is 8.01. The largest absolute Gasteiger partial charge is 0.491 e. The monoisotopic (exact) mass is 374 g/mol. The Morgan fingerprint density at radius 2 is 1.81 bits per heavy atom. The Labute approximate surface area is 161 Å². The molecule has 1 aliphatic carbocycles. The van der Waals surface area contributed by atoms with E-state index in [0.717, 1.165) is 30.6 Å². The molecule has 2 aliphatic rings. The molecule has 2 fully saturated rings. The number of carbonyl (C=O) groups is 2. The Kier molecular flexibility index (Phi) is 5.75. The number of β-amino-alcohol motifs (C(OH)–C–C–N with tert-alkyl or cyclic N) is 1. The number of carbonyl (C=O) groups excluding carboxylic acids is 2. The molecule has 1 saturated carbocycles. The fourth-order valence-electron chi connectivity index (χ4n) is 4.23. The number of rotatable bonds is 6. The minimum atomic E-state index is -0.926. The summed E-state index contributed by atoms with van der Waals surface area (Å²) in [6.07, 6.45) is 3.50. The topological polar surface area (TPSA) is 70.1 Å². The van der Waals surface area contributed by atoms with E-state index in [0.29, 0.717) is 18.8 Å². The van der Waals surface area contributed by atoms with Gasteiger partial charge in [0.25, 0.3) is 5.91 Å². The van der Waals surface area contributed by atoms with Gasteiger partial charge >= 0.3 is 6.03 Å². The zero-order valence-corrected chi connectivity index (χ0v) is 16.5. The van der Waals surface area contributed by atoms with Crippen LogP contribution in [-0.2, 0) is 4.79 Å². The zero-order chi connectivity index (χ0) is 19.6. The number of hydrogen-bond donors (Lipinski definition) is 1. The summed E-state index contributed by atoms with van der Waals surface area (Å²) in [5, 5.41) is 10.4. The average Bonchev–Trinajstić information content (AvgIpc) is 2.83. The van der Waals surface area contributed by atoms with Crippen molar-refractivity contribution in [1.29, 1.82) is 0 Å². The number of benzene rings is 1. The van der Waals surface area contributed by atoms with Crippen molar-refractivity contribution in [2.45, 2.75) is 63.5 Å². The van der Waals surface area contributed by atoms with Gasteiger partial charge in [0.1, 0.15) is 24.0 Å². The van der Waals surface area contributed by atoms with Gasteiger partial charge in [-0.2, -0.15) is 0 Å². The fourth-order valence-corrected chi connectivity index (χ4v) is 4.23. The third kappa shape index (κ3) is 3.68. The standard InChI is InChI=1S/C21H30N2O4/c1-15(2)17-9-5-6-10-18(17)27-14-16(24)13-23-19(25)21(22(3)20(23)26)11-7-4-8-12-21/h5-6,9-10,15-16,24H,4,7-8,11-14H2,1-3H3. The molecule has 1 heterocycles. The van der Waals surface area contributed by atoms with Gasteiger partial charge in [-0.05, 0) is 30.4 Å². The third-order valence-electron chi connectivity index (χ3n) is 5.85. The first-order valence-electron chi connectivity index (χ1n) is 9.86. The van der Waals surface area contributed by atoms with Crippen molar-refractivity contribution in [3.05, 3.63) is 29.8 Å². The summed E-state index contributed by atoms with van der Waals surface area (Å²) in [7, 11) is 1.70. The van der Waals surface area contributed by atoms with Crippen LogP contribution in [0.1, 0.15) is 57.4 Å². The van der Waals surface area contributed by atoms with Crippen LogP contribution in [0.25, 0.3) is 0 Å². The van der Waals surface area contributed by atoms with Crippen LogP contribution < -0.4 is 4.74 Å². The van der Waals surface area contributed by atoms with Crippen molar-refractivity contribution < 1.29 is 19.4 Å². The maximum Gasteiger partial charge on any atom is 0.327 e. The molecule has 6 heteroatoms. The highest BCUT2D eigenvalue weighted by atomic mass is 16.5. The van der Waals surface area contributed by atoms with Crippen molar-refractivity contribution in [1.82, 2.24) is 9.80 Å². The quantitative estimate of drug-likeness (QED) is 0.777. The highest BCUT2D eigenvalue weighted by Crippen LogP contribution is 2.39. The van der Waals surface area contributed by atoms with Crippen molar-refractivity contribution >= 4 is 11.9 Å². The molecule has 1 aromatic rings. The number of imide groups is 1. The number of nitrogens with zero attached hydrogens (tertiary/aromatic N) is 2. The first-order valence-corrected chi connectivity index (χ1v) is 9.86. The van der Waals surface area contributed by atoms with E-state index in [1.54, 1.807) is 11.9 Å². The van der Waals surface area contributed by atoms with Crippen LogP contribution in [0.5, 0.6) is 5.75 Å². The van der Waals surface area contributed by atoms with Crippen LogP contribution in [0.2, 0.25) is 0 Å². The molecule has 1 unspecified atom stereocenters. The predicted molar refractivity (Wildman–Crippen MR) is 103 cm³/mol. The molecule has 3 rings (SSSR count). The molecule has 3 amide bonds. The molecule has 6 nitrogen and oxygen atoms in total. The molecule has 0 aromatic heterocycles. The molecule has 1 atom stereocenters. The summed E-state index contributed by atoms with van der Waals surface area (Å²) >= 11 is 0. The highest BCUT2D eigenvalue weighted by Gasteiger charge is 2.55. The number of amides is 3. The van der Waals surface area contributed by atoms with E-state index in [-0.39, 0.29) is 25.1 Å². The zero-order valence-electron chi connectivity index (χ0n) is 16.5. The highest BCUT2D eigenvalue weighted by molar-refractivity contribution is 6.07. The molecule has 0 bridgehead atoms. The second kappa shape index (κ2) is 7.89.